The number of ether oxygens (including phenoxy) is 1. The molecule has 8 heteroatoms. The molecule has 2 heterocycles. The predicted molar refractivity (Wildman–Crippen MR) is 101 cm³/mol. The summed E-state index contributed by atoms with van der Waals surface area (Å²) >= 11 is 1.58. The van der Waals surface area contributed by atoms with Gasteiger partial charge >= 0.3 is 0 Å². The third kappa shape index (κ3) is 3.28. The normalized spacial score (nSPS) is 12.4. The Kier molecular flexibility index (Phi) is 4.57. The van der Waals surface area contributed by atoms with Gasteiger partial charge in [0.1, 0.15) is 5.75 Å². The Morgan fingerprint density at radius 2 is 2.04 bits per heavy atom. The number of aromatic amines is 1. The maximum absolute atomic E-state index is 5.54. The van der Waals surface area contributed by atoms with E-state index in [4.69, 9.17) is 4.74 Å². The third-order valence-electron chi connectivity index (χ3n) is 3.89. The average molecular weight is 366 g/mol. The van der Waals surface area contributed by atoms with Gasteiger partial charge in [-0.25, -0.2) is 4.98 Å². The van der Waals surface area contributed by atoms with Crippen LogP contribution in [0.15, 0.2) is 53.7 Å². The maximum Gasteiger partial charge on any atom is 0.169 e. The lowest BCUT2D eigenvalue weighted by molar-refractivity contribution is 0.340. The van der Waals surface area contributed by atoms with Crippen LogP contribution in [0.25, 0.3) is 16.7 Å². The molecular weight excluding hydrogens is 348 g/mol. The smallest absolute Gasteiger partial charge is 0.169 e. The van der Waals surface area contributed by atoms with Crippen molar-refractivity contribution in [1.29, 1.82) is 0 Å². The van der Waals surface area contributed by atoms with Gasteiger partial charge in [-0.05, 0) is 48.5 Å². The van der Waals surface area contributed by atoms with E-state index in [2.05, 4.69) is 32.4 Å². The minimum Gasteiger partial charge on any atom is -0.494 e. The lowest BCUT2D eigenvalue weighted by Gasteiger charge is -2.09. The molecule has 1 N–H and O–H groups in total. The Morgan fingerprint density at radius 1 is 1.19 bits per heavy atom. The molecule has 0 bridgehead atoms. The molecule has 0 aliphatic carbocycles. The summed E-state index contributed by atoms with van der Waals surface area (Å²) in [5.74, 6) is 1.61. The van der Waals surface area contributed by atoms with Crippen LogP contribution >= 0.6 is 11.8 Å². The molecule has 132 valence electrons. The molecule has 0 saturated carbocycles. The van der Waals surface area contributed by atoms with Crippen LogP contribution < -0.4 is 4.74 Å². The molecule has 7 nitrogen and oxygen atoms in total. The Morgan fingerprint density at radius 3 is 2.85 bits per heavy atom. The molecule has 0 radical (unpaired) electrons. The van der Waals surface area contributed by atoms with Gasteiger partial charge in [0.2, 0.25) is 0 Å². The number of fused-ring (bicyclic) bond motifs is 1. The summed E-state index contributed by atoms with van der Waals surface area (Å²) in [6, 6.07) is 15.7. The second-order valence-corrected chi connectivity index (χ2v) is 7.03. The highest BCUT2D eigenvalue weighted by atomic mass is 32.2. The van der Waals surface area contributed by atoms with Gasteiger partial charge < -0.3 is 9.72 Å². The highest BCUT2D eigenvalue weighted by molar-refractivity contribution is 7.99. The van der Waals surface area contributed by atoms with Gasteiger partial charge in [0.15, 0.2) is 11.0 Å². The van der Waals surface area contributed by atoms with E-state index in [1.807, 2.05) is 55.5 Å². The molecule has 0 aliphatic heterocycles. The highest BCUT2D eigenvalue weighted by Gasteiger charge is 2.18. The summed E-state index contributed by atoms with van der Waals surface area (Å²) < 4.78 is 7.30. The van der Waals surface area contributed by atoms with Crippen molar-refractivity contribution >= 4 is 22.8 Å². The second-order valence-electron chi connectivity index (χ2n) is 5.70. The number of para-hydroxylation sites is 1. The molecule has 2 aromatic heterocycles. The quantitative estimate of drug-likeness (QED) is 0.523. The van der Waals surface area contributed by atoms with E-state index < -0.39 is 0 Å². The second kappa shape index (κ2) is 7.17. The predicted octanol–water partition coefficient (Wildman–Crippen LogP) is 3.79. The van der Waals surface area contributed by atoms with E-state index in [0.29, 0.717) is 6.61 Å². The van der Waals surface area contributed by atoms with Crippen LogP contribution in [0.5, 0.6) is 5.75 Å². The van der Waals surface area contributed by atoms with Crippen molar-refractivity contribution in [3.8, 4) is 11.4 Å². The van der Waals surface area contributed by atoms with Crippen molar-refractivity contribution in [3.63, 3.8) is 0 Å². The first-order valence-electron chi connectivity index (χ1n) is 8.37. The summed E-state index contributed by atoms with van der Waals surface area (Å²) in [6.07, 6.45) is 0. The Bertz CT molecular complexity index is 1010. The first kappa shape index (κ1) is 16.6. The van der Waals surface area contributed by atoms with Crippen LogP contribution in [0.1, 0.15) is 24.9 Å². The number of H-pyrrole nitrogens is 1. The topological polar surface area (TPSA) is 81.5 Å². The fourth-order valence-electron chi connectivity index (χ4n) is 2.70. The Balaban J connectivity index is 1.58. The van der Waals surface area contributed by atoms with Gasteiger partial charge in [-0.15, -0.1) is 5.10 Å². The lowest BCUT2D eigenvalue weighted by atomic mass is 10.3. The van der Waals surface area contributed by atoms with Crippen LogP contribution in [0.4, 0.5) is 0 Å². The Hall–Kier alpha value is -2.87. The lowest BCUT2D eigenvalue weighted by Crippen LogP contribution is -2.05. The van der Waals surface area contributed by atoms with Gasteiger partial charge in [0.25, 0.3) is 0 Å². The SMILES string of the molecule is CCOc1ccc2nc(S[C@@H](C)c3nnnn3-c3ccccc3)[nH]c2c1. The summed E-state index contributed by atoms with van der Waals surface area (Å²) in [7, 11) is 0. The molecule has 0 unspecified atom stereocenters. The number of imidazole rings is 1. The van der Waals surface area contributed by atoms with Crippen molar-refractivity contribution in [2.75, 3.05) is 6.61 Å². The fraction of sp³-hybridized carbons (Fsp3) is 0.222. The standard InChI is InChI=1S/C18H18N6OS/c1-3-25-14-9-10-15-16(11-14)20-18(19-15)26-12(2)17-21-22-23-24(17)13-7-5-4-6-8-13/h4-12H,3H2,1-2H3,(H,19,20)/t12-/m0/s1. The van der Waals surface area contributed by atoms with Gasteiger partial charge in [0.05, 0.1) is 28.6 Å². The number of tetrazole rings is 1. The summed E-state index contributed by atoms with van der Waals surface area (Å²) in [4.78, 5) is 7.98. The van der Waals surface area contributed by atoms with Crippen molar-refractivity contribution in [2.45, 2.75) is 24.3 Å². The number of benzene rings is 2. The number of hydrogen-bond donors (Lipinski definition) is 1. The minimum atomic E-state index is 0.0251. The minimum absolute atomic E-state index is 0.0251. The average Bonchev–Trinajstić information content (AvgIpc) is 3.29. The Labute approximate surface area is 154 Å². The first-order chi connectivity index (χ1) is 12.7. The molecule has 2 aromatic carbocycles. The van der Waals surface area contributed by atoms with E-state index in [0.717, 1.165) is 33.5 Å². The van der Waals surface area contributed by atoms with Crippen LogP contribution in [-0.4, -0.2) is 36.8 Å². The van der Waals surface area contributed by atoms with Gasteiger partial charge in [-0.3, -0.25) is 0 Å². The van der Waals surface area contributed by atoms with Crippen LogP contribution in [0.3, 0.4) is 0 Å². The number of rotatable bonds is 6. The number of nitrogens with one attached hydrogen (secondary N) is 1. The largest absolute Gasteiger partial charge is 0.494 e. The van der Waals surface area contributed by atoms with Gasteiger partial charge in [-0.1, -0.05) is 30.0 Å². The van der Waals surface area contributed by atoms with Gasteiger partial charge in [0, 0.05) is 6.07 Å². The maximum atomic E-state index is 5.54. The summed E-state index contributed by atoms with van der Waals surface area (Å²) in [5.41, 5.74) is 2.80. The summed E-state index contributed by atoms with van der Waals surface area (Å²) in [6.45, 7) is 4.67. The number of nitrogens with zero attached hydrogens (tertiary/aromatic N) is 5. The third-order valence-corrected chi connectivity index (χ3v) is 4.87. The van der Waals surface area contributed by atoms with Crippen LogP contribution in [0.2, 0.25) is 0 Å². The van der Waals surface area contributed by atoms with E-state index in [-0.39, 0.29) is 5.25 Å². The van der Waals surface area contributed by atoms with Crippen molar-refractivity contribution in [2.24, 2.45) is 0 Å². The zero-order chi connectivity index (χ0) is 17.9. The number of hydrogen-bond acceptors (Lipinski definition) is 6. The molecule has 0 amide bonds. The van der Waals surface area contributed by atoms with Crippen LogP contribution in [0, 0.1) is 0 Å². The van der Waals surface area contributed by atoms with E-state index >= 15 is 0 Å². The molecule has 1 atom stereocenters. The van der Waals surface area contributed by atoms with Crippen molar-refractivity contribution < 1.29 is 4.74 Å². The first-order valence-corrected chi connectivity index (χ1v) is 9.25. The number of aromatic nitrogens is 6. The fourth-order valence-corrected chi connectivity index (χ4v) is 3.61. The molecule has 0 fully saturated rings. The number of thioether (sulfide) groups is 1. The molecule has 4 aromatic rings. The molecule has 0 saturated heterocycles. The molecule has 0 spiro atoms. The van der Waals surface area contributed by atoms with E-state index in [9.17, 15) is 0 Å². The zero-order valence-electron chi connectivity index (χ0n) is 14.5. The molecular formula is C18H18N6OS. The highest BCUT2D eigenvalue weighted by Crippen LogP contribution is 2.34. The molecule has 26 heavy (non-hydrogen) atoms. The van der Waals surface area contributed by atoms with Crippen molar-refractivity contribution in [1.82, 2.24) is 30.2 Å². The van der Waals surface area contributed by atoms with E-state index in [1.54, 1.807) is 16.4 Å². The van der Waals surface area contributed by atoms with Crippen molar-refractivity contribution in [3.05, 3.63) is 54.4 Å². The summed E-state index contributed by atoms with van der Waals surface area (Å²) in [5, 5.41) is 13.0. The molecule has 4 rings (SSSR count). The zero-order valence-corrected chi connectivity index (χ0v) is 15.3. The van der Waals surface area contributed by atoms with E-state index in [1.165, 1.54) is 0 Å². The van der Waals surface area contributed by atoms with Crippen LogP contribution in [-0.2, 0) is 0 Å². The molecule has 0 aliphatic rings. The monoisotopic (exact) mass is 366 g/mol. The van der Waals surface area contributed by atoms with Gasteiger partial charge in [-0.2, -0.15) is 4.68 Å².